The van der Waals surface area contributed by atoms with Crippen LogP contribution in [0.2, 0.25) is 0 Å². The van der Waals surface area contributed by atoms with Gasteiger partial charge in [0.15, 0.2) is 0 Å². The van der Waals surface area contributed by atoms with Crippen LogP contribution in [0.3, 0.4) is 0 Å². The lowest BCUT2D eigenvalue weighted by Gasteiger charge is -2.27. The summed E-state index contributed by atoms with van der Waals surface area (Å²) in [5, 5.41) is 22.5. The van der Waals surface area contributed by atoms with Crippen LogP contribution in [0, 0.1) is 31.9 Å². The minimum atomic E-state index is -1.17. The zero-order chi connectivity index (χ0) is 22.0. The molecule has 0 heterocycles. The Labute approximate surface area is 174 Å². The second-order valence-electron chi connectivity index (χ2n) is 7.04. The lowest BCUT2D eigenvalue weighted by atomic mass is 9.99. The van der Waals surface area contributed by atoms with Gasteiger partial charge in [-0.25, -0.2) is 12.4 Å². The molecule has 0 amide bonds. The van der Waals surface area contributed by atoms with E-state index in [1.807, 2.05) is 0 Å². The summed E-state index contributed by atoms with van der Waals surface area (Å²) in [6.45, 7) is 6.18. The number of hydrogen-bond acceptors (Lipinski definition) is 7. The molecule has 11 heteroatoms. The molecule has 0 bridgehead atoms. The van der Waals surface area contributed by atoms with E-state index in [2.05, 4.69) is 0 Å². The lowest BCUT2D eigenvalue weighted by molar-refractivity contribution is -0.386. The fourth-order valence-electron chi connectivity index (χ4n) is 2.79. The first-order valence-corrected chi connectivity index (χ1v) is 9.77. The van der Waals surface area contributed by atoms with Crippen molar-refractivity contribution in [2.45, 2.75) is 37.2 Å². The monoisotopic (exact) mass is 444 g/mol. The van der Waals surface area contributed by atoms with E-state index in [0.717, 1.165) is 36.2 Å². The fourth-order valence-corrected chi connectivity index (χ4v) is 4.86. The molecule has 0 aliphatic carbocycles. The molecule has 2 rings (SSSR count). The lowest BCUT2D eigenvalue weighted by Crippen LogP contribution is -2.19. The van der Waals surface area contributed by atoms with Crippen molar-refractivity contribution >= 4 is 35.5 Å². The van der Waals surface area contributed by atoms with Crippen molar-refractivity contribution in [1.29, 1.82) is 0 Å². The van der Waals surface area contributed by atoms with Gasteiger partial charge in [0.25, 0.3) is 11.4 Å². The van der Waals surface area contributed by atoms with Crippen LogP contribution in [0.5, 0.6) is 0 Å². The first kappa shape index (κ1) is 23.0. The van der Waals surface area contributed by atoms with Crippen LogP contribution in [-0.4, -0.2) is 9.85 Å². The summed E-state index contributed by atoms with van der Waals surface area (Å²) in [5.74, 6) is -1.51. The molecule has 0 saturated carbocycles. The van der Waals surface area contributed by atoms with Crippen LogP contribution >= 0.6 is 24.1 Å². The molecule has 0 atom stereocenters. The molecule has 0 unspecified atom stereocenters. The van der Waals surface area contributed by atoms with Crippen molar-refractivity contribution in [3.8, 4) is 0 Å². The van der Waals surface area contributed by atoms with Gasteiger partial charge in [0.2, 0.25) is 0 Å². The smallest absolute Gasteiger partial charge is 0.258 e. The summed E-state index contributed by atoms with van der Waals surface area (Å²) in [6.07, 6.45) is 0. The van der Waals surface area contributed by atoms with Gasteiger partial charge in [-0.1, -0.05) is 12.1 Å². The number of nitrogens with zero attached hydrogens (tertiary/aromatic N) is 2. The highest BCUT2D eigenvalue weighted by Crippen LogP contribution is 2.49. The largest absolute Gasteiger partial charge is 0.277 e. The van der Waals surface area contributed by atoms with Gasteiger partial charge in [-0.2, -0.15) is 0 Å². The predicted molar refractivity (Wildman–Crippen MR) is 108 cm³/mol. The summed E-state index contributed by atoms with van der Waals surface area (Å²) < 4.78 is 31.8. The SMILES string of the molecule is CC(C)(SOSC(C)(C)c1c(F)cccc1[N+](=O)[O-])c1c(F)cccc1[N+](=O)[O-]. The molecule has 0 aliphatic heterocycles. The molecule has 2 aromatic carbocycles. The van der Waals surface area contributed by atoms with E-state index in [9.17, 15) is 29.0 Å². The van der Waals surface area contributed by atoms with Crippen LogP contribution in [0.4, 0.5) is 20.2 Å². The number of nitro benzene ring substituents is 2. The van der Waals surface area contributed by atoms with Gasteiger partial charge in [-0.05, 0) is 39.8 Å². The highest BCUT2D eigenvalue weighted by Gasteiger charge is 2.37. The third-order valence-corrected chi connectivity index (χ3v) is 5.85. The Morgan fingerprint density at radius 1 is 0.793 bits per heavy atom. The molecule has 0 aromatic heterocycles. The zero-order valence-corrected chi connectivity index (χ0v) is 17.6. The van der Waals surface area contributed by atoms with E-state index in [1.165, 1.54) is 24.3 Å². The fraction of sp³-hybridized carbons (Fsp3) is 0.333. The second kappa shape index (κ2) is 8.64. The van der Waals surface area contributed by atoms with Crippen LogP contribution in [0.25, 0.3) is 0 Å². The van der Waals surface area contributed by atoms with E-state index in [4.69, 9.17) is 3.63 Å². The average molecular weight is 444 g/mol. The van der Waals surface area contributed by atoms with Crippen molar-refractivity contribution in [2.75, 3.05) is 0 Å². The molecule has 0 saturated heterocycles. The van der Waals surface area contributed by atoms with E-state index in [1.54, 1.807) is 27.7 Å². The molecular formula is C18H18F2N2O5S2. The summed E-state index contributed by atoms with van der Waals surface area (Å²) in [4.78, 5) is 21.2. The highest BCUT2D eigenvalue weighted by molar-refractivity contribution is 8.08. The maximum Gasteiger partial charge on any atom is 0.277 e. The minimum Gasteiger partial charge on any atom is -0.258 e. The molecule has 0 N–H and O–H groups in total. The van der Waals surface area contributed by atoms with Crippen molar-refractivity contribution in [3.05, 3.63) is 79.4 Å². The van der Waals surface area contributed by atoms with Crippen molar-refractivity contribution in [2.24, 2.45) is 0 Å². The van der Waals surface area contributed by atoms with Crippen molar-refractivity contribution < 1.29 is 22.3 Å². The minimum absolute atomic E-state index is 0.148. The van der Waals surface area contributed by atoms with E-state index < -0.39 is 31.0 Å². The van der Waals surface area contributed by atoms with Gasteiger partial charge in [-0.15, -0.1) is 0 Å². The summed E-state index contributed by atoms with van der Waals surface area (Å²) >= 11 is 1.49. The van der Waals surface area contributed by atoms with E-state index in [-0.39, 0.29) is 22.5 Å². The quantitative estimate of drug-likeness (QED) is 0.269. The third kappa shape index (κ3) is 5.03. The first-order chi connectivity index (χ1) is 13.4. The normalized spacial score (nSPS) is 12.1. The van der Waals surface area contributed by atoms with E-state index in [0.29, 0.717) is 0 Å². The van der Waals surface area contributed by atoms with Gasteiger partial charge in [0.05, 0.1) is 30.5 Å². The van der Waals surface area contributed by atoms with Gasteiger partial charge in [-0.3, -0.25) is 20.2 Å². The molecule has 0 fully saturated rings. The van der Waals surface area contributed by atoms with Crippen LogP contribution in [0.15, 0.2) is 36.4 Å². The topological polar surface area (TPSA) is 95.5 Å². The Bertz CT molecular complexity index is 878. The number of benzene rings is 2. The van der Waals surface area contributed by atoms with Gasteiger partial charge >= 0.3 is 0 Å². The van der Waals surface area contributed by atoms with Crippen molar-refractivity contribution in [1.82, 2.24) is 0 Å². The molecular weight excluding hydrogens is 426 g/mol. The third-order valence-electron chi connectivity index (χ3n) is 4.07. The summed E-state index contributed by atoms with van der Waals surface area (Å²) in [5.41, 5.74) is -1.07. The Hall–Kier alpha value is -2.24. The Morgan fingerprint density at radius 2 is 1.14 bits per heavy atom. The number of halogens is 2. The Kier molecular flexibility index (Phi) is 6.86. The number of hydrogen-bond donors (Lipinski definition) is 0. The van der Waals surface area contributed by atoms with Crippen LogP contribution in [-0.2, 0) is 13.1 Å². The molecule has 2 aromatic rings. The van der Waals surface area contributed by atoms with Gasteiger partial charge < -0.3 is 0 Å². The predicted octanol–water partition coefficient (Wildman–Crippen LogP) is 6.26. The maximum absolute atomic E-state index is 14.3. The highest BCUT2D eigenvalue weighted by atomic mass is 32.2. The Morgan fingerprint density at radius 3 is 1.45 bits per heavy atom. The maximum atomic E-state index is 14.3. The second-order valence-corrected chi connectivity index (χ2v) is 9.96. The Balaban J connectivity index is 2.26. The standard InChI is InChI=1S/C18H18F2N2O5S2/c1-17(2,15-11(19)7-5-9-13(15)21(23)24)28-27-29-18(3,4)16-12(20)8-6-10-14(16)22(25)26/h5-10H,1-4H3. The van der Waals surface area contributed by atoms with Crippen molar-refractivity contribution in [3.63, 3.8) is 0 Å². The summed E-state index contributed by atoms with van der Waals surface area (Å²) in [7, 11) is 0. The molecule has 156 valence electrons. The van der Waals surface area contributed by atoms with E-state index >= 15 is 0 Å². The first-order valence-electron chi connectivity index (χ1n) is 8.29. The van der Waals surface area contributed by atoms with Crippen LogP contribution < -0.4 is 0 Å². The van der Waals surface area contributed by atoms with Gasteiger partial charge in [0, 0.05) is 36.2 Å². The molecule has 7 nitrogen and oxygen atoms in total. The van der Waals surface area contributed by atoms with Crippen LogP contribution in [0.1, 0.15) is 38.8 Å². The molecule has 0 spiro atoms. The number of rotatable bonds is 8. The zero-order valence-electron chi connectivity index (χ0n) is 16.0. The number of nitro groups is 2. The average Bonchev–Trinajstić information content (AvgIpc) is 2.60. The summed E-state index contributed by atoms with van der Waals surface area (Å²) in [6, 6.07) is 7.11. The molecule has 0 radical (unpaired) electrons. The molecule has 0 aliphatic rings. The molecule has 29 heavy (non-hydrogen) atoms. The van der Waals surface area contributed by atoms with Gasteiger partial charge in [0.1, 0.15) is 11.6 Å².